The number of aliphatic hydroxyl groups excluding tert-OH is 2. The molecule has 4 heteroatoms. The lowest BCUT2D eigenvalue weighted by Gasteiger charge is -2.40. The van der Waals surface area contributed by atoms with Crippen molar-refractivity contribution in [3.05, 3.63) is 0 Å². The number of carbonyl (C=O) groups is 1. The van der Waals surface area contributed by atoms with Gasteiger partial charge in [-0.1, -0.05) is 25.7 Å². The first-order valence-electron chi connectivity index (χ1n) is 7.76. The highest BCUT2D eigenvalue weighted by Crippen LogP contribution is 2.43. The Morgan fingerprint density at radius 1 is 0.947 bits per heavy atom. The predicted octanol–water partition coefficient (Wildman–Crippen LogP) is 1.41. The van der Waals surface area contributed by atoms with Gasteiger partial charge in [-0.2, -0.15) is 0 Å². The lowest BCUT2D eigenvalue weighted by Crippen LogP contribution is -2.42. The fourth-order valence-corrected chi connectivity index (χ4v) is 3.93. The van der Waals surface area contributed by atoms with Gasteiger partial charge in [0, 0.05) is 19.0 Å². The van der Waals surface area contributed by atoms with Gasteiger partial charge < -0.3 is 15.1 Å². The van der Waals surface area contributed by atoms with E-state index in [4.69, 9.17) is 10.2 Å². The van der Waals surface area contributed by atoms with Crippen molar-refractivity contribution in [2.45, 2.75) is 44.9 Å². The van der Waals surface area contributed by atoms with Crippen LogP contribution >= 0.6 is 0 Å². The van der Waals surface area contributed by atoms with Crippen molar-refractivity contribution in [3.63, 3.8) is 0 Å². The quantitative estimate of drug-likeness (QED) is 0.793. The van der Waals surface area contributed by atoms with Crippen molar-refractivity contribution in [3.8, 4) is 0 Å². The number of aliphatic hydroxyl groups is 2. The Hall–Kier alpha value is -0.610. The molecule has 3 atom stereocenters. The van der Waals surface area contributed by atoms with Crippen molar-refractivity contribution in [2.75, 3.05) is 26.3 Å². The Morgan fingerprint density at radius 3 is 2.21 bits per heavy atom. The first-order valence-corrected chi connectivity index (χ1v) is 7.76. The molecule has 0 aromatic carbocycles. The molecule has 2 rings (SSSR count). The average molecular weight is 269 g/mol. The van der Waals surface area contributed by atoms with Crippen LogP contribution < -0.4 is 0 Å². The minimum atomic E-state index is -0.0233. The summed E-state index contributed by atoms with van der Waals surface area (Å²) in [5, 5.41) is 18.0. The molecule has 4 nitrogen and oxygen atoms in total. The Labute approximate surface area is 115 Å². The summed E-state index contributed by atoms with van der Waals surface area (Å²) in [5.74, 6) is 1.85. The first kappa shape index (κ1) is 14.8. The van der Waals surface area contributed by atoms with Gasteiger partial charge in [0.25, 0.3) is 0 Å². The van der Waals surface area contributed by atoms with E-state index in [2.05, 4.69) is 0 Å². The summed E-state index contributed by atoms with van der Waals surface area (Å²) in [6, 6.07) is 0. The maximum atomic E-state index is 12.5. The molecule has 0 aliphatic heterocycles. The number of carbonyl (C=O) groups excluding carboxylic acids is 1. The minimum Gasteiger partial charge on any atom is -0.395 e. The molecule has 1 amide bonds. The largest absolute Gasteiger partial charge is 0.395 e. The fraction of sp³-hybridized carbons (Fsp3) is 0.933. The van der Waals surface area contributed by atoms with E-state index in [1.807, 2.05) is 0 Å². The molecule has 3 unspecified atom stereocenters. The highest BCUT2D eigenvalue weighted by Gasteiger charge is 2.36. The number of nitrogens with zero attached hydrogens (tertiary/aromatic N) is 1. The van der Waals surface area contributed by atoms with Crippen molar-refractivity contribution < 1.29 is 15.0 Å². The summed E-state index contributed by atoms with van der Waals surface area (Å²) in [4.78, 5) is 14.1. The molecular weight excluding hydrogens is 242 g/mol. The molecule has 2 aliphatic carbocycles. The van der Waals surface area contributed by atoms with Crippen LogP contribution in [0.15, 0.2) is 0 Å². The average Bonchev–Trinajstić information content (AvgIpc) is 2.46. The summed E-state index contributed by atoms with van der Waals surface area (Å²) >= 11 is 0. The molecule has 2 fully saturated rings. The van der Waals surface area contributed by atoms with Crippen molar-refractivity contribution in [1.82, 2.24) is 4.90 Å². The molecule has 0 heterocycles. The monoisotopic (exact) mass is 269 g/mol. The Kier molecular flexibility index (Phi) is 5.64. The van der Waals surface area contributed by atoms with Crippen LogP contribution in [-0.4, -0.2) is 47.3 Å². The second-order valence-electron chi connectivity index (χ2n) is 6.09. The molecule has 0 radical (unpaired) electrons. The van der Waals surface area contributed by atoms with Crippen molar-refractivity contribution >= 4 is 5.91 Å². The van der Waals surface area contributed by atoms with E-state index < -0.39 is 0 Å². The zero-order valence-corrected chi connectivity index (χ0v) is 11.8. The number of hydrogen-bond acceptors (Lipinski definition) is 3. The summed E-state index contributed by atoms with van der Waals surface area (Å²) in [5.41, 5.74) is 0. The molecule has 19 heavy (non-hydrogen) atoms. The van der Waals surface area contributed by atoms with Crippen LogP contribution in [0.1, 0.15) is 44.9 Å². The van der Waals surface area contributed by atoms with Gasteiger partial charge in [-0.15, -0.1) is 0 Å². The van der Waals surface area contributed by atoms with Crippen molar-refractivity contribution in [1.29, 1.82) is 0 Å². The van der Waals surface area contributed by atoms with Crippen LogP contribution in [0.4, 0.5) is 0 Å². The molecule has 2 saturated carbocycles. The molecule has 2 aliphatic rings. The molecule has 0 saturated heterocycles. The number of rotatable bonds is 5. The van der Waals surface area contributed by atoms with Crippen LogP contribution in [0.2, 0.25) is 0 Å². The third-order valence-corrected chi connectivity index (χ3v) is 4.94. The smallest absolute Gasteiger partial charge is 0.225 e. The fourth-order valence-electron chi connectivity index (χ4n) is 3.93. The van der Waals surface area contributed by atoms with Crippen molar-refractivity contribution in [2.24, 2.45) is 17.8 Å². The van der Waals surface area contributed by atoms with E-state index in [9.17, 15) is 4.79 Å². The molecule has 0 aromatic rings. The number of fused-ring (bicyclic) bond motifs is 1. The number of amides is 1. The van der Waals surface area contributed by atoms with E-state index in [-0.39, 0.29) is 25.0 Å². The summed E-state index contributed by atoms with van der Waals surface area (Å²) < 4.78 is 0. The Morgan fingerprint density at radius 2 is 1.58 bits per heavy atom. The third-order valence-electron chi connectivity index (χ3n) is 4.94. The van der Waals surface area contributed by atoms with Crippen LogP contribution in [0.25, 0.3) is 0 Å². The molecule has 0 aromatic heterocycles. The molecule has 2 N–H and O–H groups in total. The Bertz CT molecular complexity index is 289. The summed E-state index contributed by atoms with van der Waals surface area (Å²) in [6.07, 6.45) is 8.52. The third kappa shape index (κ3) is 3.69. The molecular formula is C15H27NO3. The molecule has 0 bridgehead atoms. The second kappa shape index (κ2) is 7.25. The SMILES string of the molecule is O=C(C1CCC2CCCCC2C1)N(CCO)CCO. The lowest BCUT2D eigenvalue weighted by molar-refractivity contribution is -0.139. The highest BCUT2D eigenvalue weighted by molar-refractivity contribution is 5.79. The topological polar surface area (TPSA) is 60.8 Å². The van der Waals surface area contributed by atoms with E-state index in [0.29, 0.717) is 13.1 Å². The van der Waals surface area contributed by atoms with E-state index in [1.165, 1.54) is 32.1 Å². The zero-order valence-electron chi connectivity index (χ0n) is 11.8. The molecule has 110 valence electrons. The van der Waals surface area contributed by atoms with Gasteiger partial charge in [-0.3, -0.25) is 4.79 Å². The van der Waals surface area contributed by atoms with E-state index in [1.54, 1.807) is 4.90 Å². The van der Waals surface area contributed by atoms with Gasteiger partial charge in [0.2, 0.25) is 5.91 Å². The van der Waals surface area contributed by atoms with Crippen LogP contribution in [0, 0.1) is 17.8 Å². The van der Waals surface area contributed by atoms with Crippen LogP contribution in [0.3, 0.4) is 0 Å². The number of hydrogen-bond donors (Lipinski definition) is 2. The van der Waals surface area contributed by atoms with Gasteiger partial charge in [-0.05, 0) is 31.1 Å². The zero-order chi connectivity index (χ0) is 13.7. The standard InChI is InChI=1S/C15H27NO3/c17-9-7-16(8-10-18)15(19)14-6-5-12-3-1-2-4-13(12)11-14/h12-14,17-18H,1-11H2. The summed E-state index contributed by atoms with van der Waals surface area (Å²) in [6.45, 7) is 0.656. The maximum absolute atomic E-state index is 12.5. The van der Waals surface area contributed by atoms with Gasteiger partial charge in [-0.25, -0.2) is 0 Å². The highest BCUT2D eigenvalue weighted by atomic mass is 16.3. The van der Waals surface area contributed by atoms with Gasteiger partial charge in [0.1, 0.15) is 0 Å². The lowest BCUT2D eigenvalue weighted by atomic mass is 9.67. The molecule has 0 spiro atoms. The van der Waals surface area contributed by atoms with E-state index >= 15 is 0 Å². The predicted molar refractivity (Wildman–Crippen MR) is 73.5 cm³/mol. The van der Waals surface area contributed by atoms with Gasteiger partial charge in [0.05, 0.1) is 13.2 Å². The van der Waals surface area contributed by atoms with Crippen LogP contribution in [-0.2, 0) is 4.79 Å². The van der Waals surface area contributed by atoms with Gasteiger partial charge in [0.15, 0.2) is 0 Å². The Balaban J connectivity index is 1.91. The normalized spacial score (nSPS) is 30.7. The van der Waals surface area contributed by atoms with Gasteiger partial charge >= 0.3 is 0 Å². The van der Waals surface area contributed by atoms with E-state index in [0.717, 1.165) is 24.7 Å². The van der Waals surface area contributed by atoms with Crippen LogP contribution in [0.5, 0.6) is 0 Å². The minimum absolute atomic E-state index is 0.0233. The maximum Gasteiger partial charge on any atom is 0.225 e. The second-order valence-corrected chi connectivity index (χ2v) is 6.09. The summed E-state index contributed by atoms with van der Waals surface area (Å²) in [7, 11) is 0. The first-order chi connectivity index (χ1) is 9.26.